The molecule has 3 heterocycles. The van der Waals surface area contributed by atoms with Crippen LogP contribution in [0.2, 0.25) is 0 Å². The third-order valence-electron chi connectivity index (χ3n) is 5.27. The van der Waals surface area contributed by atoms with Crippen LogP contribution in [0.5, 0.6) is 5.88 Å². The molecule has 1 atom stereocenters. The number of aryl methyl sites for hydroxylation is 1. The van der Waals surface area contributed by atoms with Gasteiger partial charge in [0.15, 0.2) is 0 Å². The predicted octanol–water partition coefficient (Wildman–Crippen LogP) is 1.86. The Bertz CT molecular complexity index is 988. The zero-order chi connectivity index (χ0) is 20.4. The van der Waals surface area contributed by atoms with E-state index in [2.05, 4.69) is 9.97 Å². The van der Waals surface area contributed by atoms with E-state index in [1.807, 2.05) is 0 Å². The van der Waals surface area contributed by atoms with Gasteiger partial charge in [0.25, 0.3) is 5.91 Å². The van der Waals surface area contributed by atoms with E-state index in [1.54, 1.807) is 36.2 Å². The summed E-state index contributed by atoms with van der Waals surface area (Å²) in [6, 6.07) is 7.93. The van der Waals surface area contributed by atoms with Crippen LogP contribution < -0.4 is 4.74 Å². The molecule has 154 valence electrons. The largest absolute Gasteiger partial charge is 0.472 e. The van der Waals surface area contributed by atoms with Crippen LogP contribution in [-0.2, 0) is 10.0 Å². The van der Waals surface area contributed by atoms with Gasteiger partial charge in [-0.1, -0.05) is 0 Å². The van der Waals surface area contributed by atoms with Crippen LogP contribution >= 0.6 is 0 Å². The number of benzene rings is 1. The third-order valence-corrected chi connectivity index (χ3v) is 7.19. The number of hydrogen-bond donors (Lipinski definition) is 0. The van der Waals surface area contributed by atoms with Gasteiger partial charge >= 0.3 is 0 Å². The molecule has 2 fully saturated rings. The molecule has 0 saturated carbocycles. The fourth-order valence-electron chi connectivity index (χ4n) is 3.71. The fraction of sp³-hybridized carbons (Fsp3) is 0.450. The Morgan fingerprint density at radius 1 is 1.10 bits per heavy atom. The molecule has 1 aromatic heterocycles. The highest BCUT2D eigenvalue weighted by molar-refractivity contribution is 7.89. The van der Waals surface area contributed by atoms with Gasteiger partial charge in [0.1, 0.15) is 11.9 Å². The van der Waals surface area contributed by atoms with Crippen molar-refractivity contribution in [3.05, 3.63) is 47.9 Å². The van der Waals surface area contributed by atoms with Gasteiger partial charge in [0.2, 0.25) is 15.9 Å². The van der Waals surface area contributed by atoms with Crippen LogP contribution in [0.1, 0.15) is 35.4 Å². The summed E-state index contributed by atoms with van der Waals surface area (Å²) in [5, 5.41) is 0. The topological polar surface area (TPSA) is 92.7 Å². The van der Waals surface area contributed by atoms with Crippen LogP contribution in [0, 0.1) is 6.92 Å². The van der Waals surface area contributed by atoms with Gasteiger partial charge < -0.3 is 9.64 Å². The minimum absolute atomic E-state index is 0.122. The first-order valence-electron chi connectivity index (χ1n) is 9.79. The molecule has 2 aliphatic rings. The van der Waals surface area contributed by atoms with Crippen molar-refractivity contribution in [1.82, 2.24) is 19.2 Å². The molecule has 2 aromatic rings. The maximum Gasteiger partial charge on any atom is 0.253 e. The van der Waals surface area contributed by atoms with E-state index >= 15 is 0 Å². The van der Waals surface area contributed by atoms with Gasteiger partial charge in [-0.3, -0.25) is 4.79 Å². The van der Waals surface area contributed by atoms with Crippen molar-refractivity contribution in [3.8, 4) is 5.88 Å². The van der Waals surface area contributed by atoms with E-state index in [0.717, 1.165) is 19.3 Å². The van der Waals surface area contributed by atoms with Crippen LogP contribution in [0.25, 0.3) is 0 Å². The summed E-state index contributed by atoms with van der Waals surface area (Å²) in [6.45, 7) is 3.97. The summed E-state index contributed by atoms with van der Waals surface area (Å²) in [4.78, 5) is 23.0. The molecule has 1 unspecified atom stereocenters. The maximum atomic E-state index is 12.8. The first-order chi connectivity index (χ1) is 13.9. The number of ether oxygens (including phenoxy) is 1. The Hall–Kier alpha value is -2.52. The normalized spacial score (nSPS) is 20.2. The molecule has 29 heavy (non-hydrogen) atoms. The number of sulfonamides is 1. The van der Waals surface area contributed by atoms with E-state index in [1.165, 1.54) is 16.4 Å². The second kappa shape index (κ2) is 8.08. The molecule has 1 aromatic carbocycles. The number of carbonyl (C=O) groups is 1. The number of carbonyl (C=O) groups excluding carboxylic acids is 1. The molecule has 0 aliphatic carbocycles. The van der Waals surface area contributed by atoms with Crippen LogP contribution in [-0.4, -0.2) is 65.8 Å². The Morgan fingerprint density at radius 2 is 1.83 bits per heavy atom. The molecule has 4 rings (SSSR count). The molecule has 0 bridgehead atoms. The highest BCUT2D eigenvalue weighted by atomic mass is 32.2. The Balaban J connectivity index is 1.39. The molecule has 1 amide bonds. The second-order valence-electron chi connectivity index (χ2n) is 7.36. The average molecular weight is 417 g/mol. The van der Waals surface area contributed by atoms with Crippen molar-refractivity contribution in [3.63, 3.8) is 0 Å². The van der Waals surface area contributed by atoms with Crippen molar-refractivity contribution in [2.24, 2.45) is 0 Å². The van der Waals surface area contributed by atoms with Crippen molar-refractivity contribution in [2.75, 3.05) is 26.2 Å². The quantitative estimate of drug-likeness (QED) is 0.739. The maximum absolute atomic E-state index is 12.8. The highest BCUT2D eigenvalue weighted by Crippen LogP contribution is 2.23. The van der Waals surface area contributed by atoms with Crippen LogP contribution in [0.15, 0.2) is 41.4 Å². The monoisotopic (exact) mass is 416 g/mol. The smallest absolute Gasteiger partial charge is 0.253 e. The molecule has 8 nitrogen and oxygen atoms in total. The fourth-order valence-corrected chi connectivity index (χ4v) is 5.23. The molecule has 0 N–H and O–H groups in total. The molecule has 0 radical (unpaired) electrons. The summed E-state index contributed by atoms with van der Waals surface area (Å²) in [5.74, 6) is 1.02. The Labute approximate surface area is 170 Å². The average Bonchev–Trinajstić information content (AvgIpc) is 3.40. The van der Waals surface area contributed by atoms with Crippen LogP contribution in [0.4, 0.5) is 0 Å². The van der Waals surface area contributed by atoms with E-state index in [9.17, 15) is 13.2 Å². The lowest BCUT2D eigenvalue weighted by molar-refractivity contribution is 0.0771. The number of hydrogen-bond acceptors (Lipinski definition) is 6. The summed E-state index contributed by atoms with van der Waals surface area (Å²) in [5.41, 5.74) is 0.476. The molecular weight excluding hydrogens is 392 g/mol. The van der Waals surface area contributed by atoms with E-state index in [0.29, 0.717) is 43.4 Å². The first-order valence-corrected chi connectivity index (χ1v) is 11.2. The minimum Gasteiger partial charge on any atom is -0.472 e. The lowest BCUT2D eigenvalue weighted by atomic mass is 10.2. The van der Waals surface area contributed by atoms with Crippen molar-refractivity contribution < 1.29 is 17.9 Å². The molecule has 2 aliphatic heterocycles. The van der Waals surface area contributed by atoms with Gasteiger partial charge in [-0.2, -0.15) is 9.29 Å². The van der Waals surface area contributed by atoms with Gasteiger partial charge in [0.05, 0.1) is 11.4 Å². The highest BCUT2D eigenvalue weighted by Gasteiger charge is 2.30. The van der Waals surface area contributed by atoms with Crippen LogP contribution in [0.3, 0.4) is 0 Å². The lowest BCUT2D eigenvalue weighted by Gasteiger charge is -2.18. The summed E-state index contributed by atoms with van der Waals surface area (Å²) >= 11 is 0. The number of amides is 1. The standard InChI is InChI=1S/C20H24N4O4S/c1-15-21-10-8-19(22-15)28-17-9-13-23(14-17)20(25)16-4-6-18(7-5-16)29(26,27)24-11-2-3-12-24/h4-8,10,17H,2-3,9,11-14H2,1H3. The summed E-state index contributed by atoms with van der Waals surface area (Å²) in [6.07, 6.45) is 4.03. The van der Waals surface area contributed by atoms with E-state index in [-0.39, 0.29) is 16.9 Å². The molecule has 2 saturated heterocycles. The Kier molecular flexibility index (Phi) is 5.51. The first kappa shape index (κ1) is 19.8. The zero-order valence-electron chi connectivity index (χ0n) is 16.3. The number of nitrogens with zero attached hydrogens (tertiary/aromatic N) is 4. The number of aromatic nitrogens is 2. The van der Waals surface area contributed by atoms with Crippen molar-refractivity contribution in [1.29, 1.82) is 0 Å². The predicted molar refractivity (Wildman–Crippen MR) is 106 cm³/mol. The zero-order valence-corrected chi connectivity index (χ0v) is 17.1. The molecular formula is C20H24N4O4S. The van der Waals surface area contributed by atoms with Gasteiger partial charge in [-0.25, -0.2) is 13.4 Å². The van der Waals surface area contributed by atoms with E-state index in [4.69, 9.17) is 4.74 Å². The number of rotatable bonds is 5. The van der Waals surface area contributed by atoms with Gasteiger partial charge in [-0.05, 0) is 44.0 Å². The van der Waals surface area contributed by atoms with Gasteiger partial charge in [0, 0.05) is 43.9 Å². The SMILES string of the molecule is Cc1nccc(OC2CCN(C(=O)c3ccc(S(=O)(=O)N4CCCC4)cc3)C2)n1. The summed E-state index contributed by atoms with van der Waals surface area (Å²) < 4.78 is 32.6. The minimum atomic E-state index is -3.47. The van der Waals surface area contributed by atoms with Gasteiger partial charge in [-0.15, -0.1) is 0 Å². The Morgan fingerprint density at radius 3 is 2.52 bits per heavy atom. The third kappa shape index (κ3) is 4.25. The summed E-state index contributed by atoms with van der Waals surface area (Å²) in [7, 11) is -3.47. The molecule has 0 spiro atoms. The van der Waals surface area contributed by atoms with E-state index < -0.39 is 10.0 Å². The molecule has 9 heteroatoms. The van der Waals surface area contributed by atoms with Crippen molar-refractivity contribution >= 4 is 15.9 Å². The second-order valence-corrected chi connectivity index (χ2v) is 9.30. The number of likely N-dealkylation sites (tertiary alicyclic amines) is 1. The van der Waals surface area contributed by atoms with Crippen molar-refractivity contribution in [2.45, 2.75) is 37.2 Å². The lowest BCUT2D eigenvalue weighted by Crippen LogP contribution is -2.31.